The molecule has 0 aromatic heterocycles. The van der Waals surface area contributed by atoms with Gasteiger partial charge in [0.05, 0.1) is 34.1 Å². The van der Waals surface area contributed by atoms with Gasteiger partial charge in [0, 0.05) is 12.6 Å². The number of methoxy groups -OCH3 is 4. The predicted molar refractivity (Wildman–Crippen MR) is 86.4 cm³/mol. The quantitative estimate of drug-likeness (QED) is 0.850. The van der Waals surface area contributed by atoms with Gasteiger partial charge in [-0.1, -0.05) is 6.07 Å². The highest BCUT2D eigenvalue weighted by molar-refractivity contribution is 5.60. The fraction of sp³-hybridized carbons (Fsp3) is 0.294. The van der Waals surface area contributed by atoms with Gasteiger partial charge < -0.3 is 24.3 Å². The lowest BCUT2D eigenvalue weighted by molar-refractivity contribution is 0.354. The molecule has 2 rings (SSSR count). The van der Waals surface area contributed by atoms with Crippen LogP contribution in [0.15, 0.2) is 36.4 Å². The van der Waals surface area contributed by atoms with Gasteiger partial charge in [0.25, 0.3) is 0 Å². The molecule has 5 heteroatoms. The van der Waals surface area contributed by atoms with E-state index in [2.05, 4.69) is 5.32 Å². The smallest absolute Gasteiger partial charge is 0.161 e. The molecule has 0 spiro atoms. The van der Waals surface area contributed by atoms with E-state index < -0.39 is 0 Å². The van der Waals surface area contributed by atoms with E-state index >= 15 is 0 Å². The molecule has 5 nitrogen and oxygen atoms in total. The Morgan fingerprint density at radius 3 is 2.05 bits per heavy atom. The number of benzene rings is 2. The van der Waals surface area contributed by atoms with Crippen LogP contribution in [0, 0.1) is 0 Å². The maximum absolute atomic E-state index is 5.35. The second-order valence-electron chi connectivity index (χ2n) is 4.61. The van der Waals surface area contributed by atoms with Crippen LogP contribution in [-0.4, -0.2) is 28.4 Å². The number of rotatable bonds is 7. The molecule has 2 aromatic rings. The Balaban J connectivity index is 2.16. The normalized spacial score (nSPS) is 10.0. The molecular formula is C17H21NO4. The third-order valence-electron chi connectivity index (χ3n) is 3.34. The summed E-state index contributed by atoms with van der Waals surface area (Å²) in [4.78, 5) is 0. The molecule has 1 N–H and O–H groups in total. The van der Waals surface area contributed by atoms with E-state index in [9.17, 15) is 0 Å². The number of hydrogen-bond donors (Lipinski definition) is 1. The first kappa shape index (κ1) is 15.8. The molecule has 118 valence electrons. The van der Waals surface area contributed by atoms with Crippen LogP contribution in [0.2, 0.25) is 0 Å². The lowest BCUT2D eigenvalue weighted by atomic mass is 10.2. The van der Waals surface area contributed by atoms with Crippen molar-refractivity contribution in [3.63, 3.8) is 0 Å². The van der Waals surface area contributed by atoms with Crippen molar-refractivity contribution in [3.05, 3.63) is 42.0 Å². The van der Waals surface area contributed by atoms with Gasteiger partial charge in [-0.05, 0) is 29.8 Å². The van der Waals surface area contributed by atoms with E-state index in [1.807, 2.05) is 36.4 Å². The van der Waals surface area contributed by atoms with Crippen molar-refractivity contribution in [1.82, 2.24) is 0 Å². The monoisotopic (exact) mass is 303 g/mol. The molecule has 0 bridgehead atoms. The fourth-order valence-corrected chi connectivity index (χ4v) is 2.14. The van der Waals surface area contributed by atoms with Gasteiger partial charge in [0.2, 0.25) is 0 Å². The summed E-state index contributed by atoms with van der Waals surface area (Å²) in [6.07, 6.45) is 0. The van der Waals surface area contributed by atoms with E-state index in [-0.39, 0.29) is 0 Å². The fourth-order valence-electron chi connectivity index (χ4n) is 2.14. The van der Waals surface area contributed by atoms with E-state index in [1.165, 1.54) is 0 Å². The van der Waals surface area contributed by atoms with Crippen LogP contribution >= 0.6 is 0 Å². The Kier molecular flexibility index (Phi) is 5.36. The van der Waals surface area contributed by atoms with Gasteiger partial charge >= 0.3 is 0 Å². The first-order valence-electron chi connectivity index (χ1n) is 6.88. The van der Waals surface area contributed by atoms with Crippen LogP contribution in [0.3, 0.4) is 0 Å². The average Bonchev–Trinajstić information content (AvgIpc) is 2.59. The summed E-state index contributed by atoms with van der Waals surface area (Å²) < 4.78 is 21.1. The molecule has 0 aliphatic rings. The summed E-state index contributed by atoms with van der Waals surface area (Å²) in [6.45, 7) is 0.629. The molecule has 0 unspecified atom stereocenters. The topological polar surface area (TPSA) is 49.0 Å². The van der Waals surface area contributed by atoms with Crippen LogP contribution in [0.5, 0.6) is 23.0 Å². The van der Waals surface area contributed by atoms with Crippen molar-refractivity contribution in [1.29, 1.82) is 0 Å². The molecule has 0 atom stereocenters. The van der Waals surface area contributed by atoms with Gasteiger partial charge in [-0.25, -0.2) is 0 Å². The summed E-state index contributed by atoms with van der Waals surface area (Å²) in [5, 5.41) is 3.34. The molecule has 0 fully saturated rings. The highest BCUT2D eigenvalue weighted by Crippen LogP contribution is 2.31. The standard InChI is InChI=1S/C17H21NO4/c1-19-13-6-8-15(20-2)14(10-13)18-11-12-5-7-16(21-3)17(9-12)22-4/h5-10,18H,11H2,1-4H3. The van der Waals surface area contributed by atoms with Crippen LogP contribution in [0.4, 0.5) is 5.69 Å². The lowest BCUT2D eigenvalue weighted by Gasteiger charge is -2.14. The average molecular weight is 303 g/mol. The Labute approximate surface area is 130 Å². The highest BCUT2D eigenvalue weighted by Gasteiger charge is 2.07. The van der Waals surface area contributed by atoms with E-state index in [1.54, 1.807) is 28.4 Å². The zero-order chi connectivity index (χ0) is 15.9. The van der Waals surface area contributed by atoms with Crippen LogP contribution in [-0.2, 0) is 6.54 Å². The minimum atomic E-state index is 0.629. The molecule has 0 radical (unpaired) electrons. The second kappa shape index (κ2) is 7.45. The molecule has 2 aromatic carbocycles. The maximum atomic E-state index is 5.35. The largest absolute Gasteiger partial charge is 0.497 e. The van der Waals surface area contributed by atoms with Gasteiger partial charge in [-0.15, -0.1) is 0 Å². The van der Waals surface area contributed by atoms with Crippen LogP contribution in [0.25, 0.3) is 0 Å². The van der Waals surface area contributed by atoms with E-state index in [0.717, 1.165) is 22.7 Å². The summed E-state index contributed by atoms with van der Waals surface area (Å²) in [5.41, 5.74) is 1.94. The third kappa shape index (κ3) is 3.55. The minimum absolute atomic E-state index is 0.629. The molecular weight excluding hydrogens is 282 g/mol. The lowest BCUT2D eigenvalue weighted by Crippen LogP contribution is -2.02. The first-order chi connectivity index (χ1) is 10.7. The predicted octanol–water partition coefficient (Wildman–Crippen LogP) is 3.33. The Bertz CT molecular complexity index is 628. The molecule has 0 heterocycles. The summed E-state index contributed by atoms with van der Waals surface area (Å²) in [5.74, 6) is 2.96. The summed E-state index contributed by atoms with van der Waals surface area (Å²) in [7, 11) is 6.53. The first-order valence-corrected chi connectivity index (χ1v) is 6.88. The molecule has 0 aliphatic carbocycles. The van der Waals surface area contributed by atoms with Crippen LogP contribution in [0.1, 0.15) is 5.56 Å². The van der Waals surface area contributed by atoms with Gasteiger partial charge in [0.15, 0.2) is 11.5 Å². The van der Waals surface area contributed by atoms with Crippen molar-refractivity contribution < 1.29 is 18.9 Å². The number of ether oxygens (including phenoxy) is 4. The van der Waals surface area contributed by atoms with Crippen molar-refractivity contribution in [3.8, 4) is 23.0 Å². The highest BCUT2D eigenvalue weighted by atomic mass is 16.5. The molecule has 22 heavy (non-hydrogen) atoms. The van der Waals surface area contributed by atoms with Crippen molar-refractivity contribution in [2.45, 2.75) is 6.54 Å². The van der Waals surface area contributed by atoms with Crippen LogP contribution < -0.4 is 24.3 Å². The SMILES string of the molecule is COc1ccc(OC)c(NCc2ccc(OC)c(OC)c2)c1. The Hall–Kier alpha value is -2.56. The third-order valence-corrected chi connectivity index (χ3v) is 3.34. The second-order valence-corrected chi connectivity index (χ2v) is 4.61. The van der Waals surface area contributed by atoms with Crippen molar-refractivity contribution in [2.75, 3.05) is 33.8 Å². The van der Waals surface area contributed by atoms with Gasteiger partial charge in [-0.3, -0.25) is 0 Å². The number of hydrogen-bond acceptors (Lipinski definition) is 5. The number of nitrogens with one attached hydrogen (secondary N) is 1. The summed E-state index contributed by atoms with van der Waals surface area (Å²) >= 11 is 0. The van der Waals surface area contributed by atoms with Gasteiger partial charge in [-0.2, -0.15) is 0 Å². The molecule has 0 aliphatic heterocycles. The van der Waals surface area contributed by atoms with Crippen molar-refractivity contribution in [2.24, 2.45) is 0 Å². The Morgan fingerprint density at radius 1 is 0.727 bits per heavy atom. The van der Waals surface area contributed by atoms with Gasteiger partial charge in [0.1, 0.15) is 11.5 Å². The van der Waals surface area contributed by atoms with Crippen molar-refractivity contribution >= 4 is 5.69 Å². The Morgan fingerprint density at radius 2 is 1.41 bits per heavy atom. The maximum Gasteiger partial charge on any atom is 0.161 e. The molecule has 0 saturated heterocycles. The van der Waals surface area contributed by atoms with E-state index in [0.29, 0.717) is 18.0 Å². The zero-order valence-corrected chi connectivity index (χ0v) is 13.3. The minimum Gasteiger partial charge on any atom is -0.497 e. The van der Waals surface area contributed by atoms with E-state index in [4.69, 9.17) is 18.9 Å². The summed E-state index contributed by atoms with van der Waals surface area (Å²) in [6, 6.07) is 11.5. The zero-order valence-electron chi connectivity index (χ0n) is 13.3. The molecule has 0 saturated carbocycles. The molecule has 0 amide bonds. The number of anilines is 1.